The monoisotopic (exact) mass is 338 g/mol. The lowest BCUT2D eigenvalue weighted by Gasteiger charge is -2.47. The molecule has 7 heteroatoms. The van der Waals surface area contributed by atoms with Crippen molar-refractivity contribution in [1.29, 1.82) is 0 Å². The van der Waals surface area contributed by atoms with Gasteiger partial charge in [-0.15, -0.1) is 0 Å². The van der Waals surface area contributed by atoms with Gasteiger partial charge >= 0.3 is 12.1 Å². The number of benzene rings is 1. The lowest BCUT2D eigenvalue weighted by Crippen LogP contribution is -2.58. The first-order valence-corrected chi connectivity index (χ1v) is 7.72. The van der Waals surface area contributed by atoms with Gasteiger partial charge in [0.2, 0.25) is 0 Å². The number of hydrogen-bond donors (Lipinski definition) is 2. The van der Waals surface area contributed by atoms with Crippen molar-refractivity contribution >= 4 is 11.6 Å². The SMILES string of the molecule is O=C(Nc1ccc(C#CC2(O)CN3CCC2CC3)cc1)C(F)(F)F. The molecule has 0 aliphatic carbocycles. The molecular weight excluding hydrogens is 321 g/mol. The van der Waals surface area contributed by atoms with Gasteiger partial charge < -0.3 is 10.4 Å². The Balaban J connectivity index is 1.68. The van der Waals surface area contributed by atoms with Crippen molar-refractivity contribution in [3.63, 3.8) is 0 Å². The number of nitrogens with one attached hydrogen (secondary N) is 1. The number of nitrogens with zero attached hydrogens (tertiary/aromatic N) is 1. The highest BCUT2D eigenvalue weighted by atomic mass is 19.4. The van der Waals surface area contributed by atoms with E-state index in [4.69, 9.17) is 0 Å². The topological polar surface area (TPSA) is 52.6 Å². The van der Waals surface area contributed by atoms with Gasteiger partial charge in [0.1, 0.15) is 5.60 Å². The Labute approximate surface area is 137 Å². The maximum Gasteiger partial charge on any atom is 0.471 e. The quantitative estimate of drug-likeness (QED) is 0.770. The number of hydrogen-bond acceptors (Lipinski definition) is 3. The Bertz CT molecular complexity index is 683. The molecule has 3 heterocycles. The molecule has 1 unspecified atom stereocenters. The van der Waals surface area contributed by atoms with Crippen LogP contribution >= 0.6 is 0 Å². The van der Waals surface area contributed by atoms with Crippen molar-refractivity contribution in [3.8, 4) is 11.8 Å². The summed E-state index contributed by atoms with van der Waals surface area (Å²) in [6.07, 6.45) is -3.07. The maximum atomic E-state index is 12.2. The number of piperidine rings is 3. The van der Waals surface area contributed by atoms with Gasteiger partial charge in [-0.3, -0.25) is 9.69 Å². The Hall–Kier alpha value is -2.04. The average Bonchev–Trinajstić information content (AvgIpc) is 2.54. The van der Waals surface area contributed by atoms with E-state index in [1.54, 1.807) is 5.32 Å². The molecule has 2 bridgehead atoms. The zero-order valence-corrected chi connectivity index (χ0v) is 12.9. The Morgan fingerprint density at radius 3 is 2.38 bits per heavy atom. The van der Waals surface area contributed by atoms with E-state index in [2.05, 4.69) is 16.7 Å². The third-order valence-electron chi connectivity index (χ3n) is 4.55. The van der Waals surface area contributed by atoms with Crippen LogP contribution in [0.25, 0.3) is 0 Å². The Morgan fingerprint density at radius 2 is 1.88 bits per heavy atom. The van der Waals surface area contributed by atoms with E-state index in [9.17, 15) is 23.1 Å². The molecule has 0 radical (unpaired) electrons. The summed E-state index contributed by atoms with van der Waals surface area (Å²) in [6.45, 7) is 2.51. The minimum absolute atomic E-state index is 0.0458. The highest BCUT2D eigenvalue weighted by Gasteiger charge is 2.44. The Kier molecular flexibility index (Phi) is 4.28. The number of halogens is 3. The summed E-state index contributed by atoms with van der Waals surface area (Å²) in [5, 5.41) is 12.5. The van der Waals surface area contributed by atoms with Crippen molar-refractivity contribution in [2.45, 2.75) is 24.6 Å². The second kappa shape index (κ2) is 6.11. The van der Waals surface area contributed by atoms with Gasteiger partial charge in [0.05, 0.1) is 0 Å². The summed E-state index contributed by atoms with van der Waals surface area (Å²) in [7, 11) is 0. The molecule has 3 aliphatic rings. The number of anilines is 1. The third kappa shape index (κ3) is 3.55. The maximum absolute atomic E-state index is 12.2. The van der Waals surface area contributed by atoms with Gasteiger partial charge in [0.25, 0.3) is 0 Å². The smallest absolute Gasteiger partial charge is 0.376 e. The van der Waals surface area contributed by atoms with E-state index < -0.39 is 17.7 Å². The van der Waals surface area contributed by atoms with Crippen molar-refractivity contribution in [2.24, 2.45) is 5.92 Å². The number of amides is 1. The van der Waals surface area contributed by atoms with Crippen molar-refractivity contribution in [2.75, 3.05) is 25.0 Å². The number of aliphatic hydroxyl groups is 1. The molecular formula is C17H17F3N2O2. The minimum Gasteiger partial charge on any atom is -0.376 e. The summed E-state index contributed by atoms with van der Waals surface area (Å²) in [6, 6.07) is 5.75. The molecule has 0 spiro atoms. The minimum atomic E-state index is -4.92. The van der Waals surface area contributed by atoms with Crippen LogP contribution in [0.1, 0.15) is 18.4 Å². The van der Waals surface area contributed by atoms with Crippen LogP contribution in [-0.2, 0) is 4.79 Å². The molecule has 3 saturated heterocycles. The number of carbonyl (C=O) groups is 1. The van der Waals surface area contributed by atoms with Crippen LogP contribution in [0.2, 0.25) is 0 Å². The molecule has 1 aromatic carbocycles. The summed E-state index contributed by atoms with van der Waals surface area (Å²) < 4.78 is 36.6. The van der Waals surface area contributed by atoms with E-state index in [1.807, 2.05) is 0 Å². The number of carbonyl (C=O) groups excluding carboxylic acids is 1. The second-order valence-electron chi connectivity index (χ2n) is 6.25. The van der Waals surface area contributed by atoms with Crippen LogP contribution in [0.15, 0.2) is 24.3 Å². The first kappa shape index (κ1) is 16.8. The fraction of sp³-hybridized carbons (Fsp3) is 0.471. The molecule has 2 N–H and O–H groups in total. The van der Waals surface area contributed by atoms with E-state index in [1.165, 1.54) is 24.3 Å². The van der Waals surface area contributed by atoms with Crippen molar-refractivity contribution < 1.29 is 23.1 Å². The van der Waals surface area contributed by atoms with E-state index in [0.29, 0.717) is 12.1 Å². The van der Waals surface area contributed by atoms with Gasteiger partial charge in [0.15, 0.2) is 0 Å². The molecule has 1 aromatic rings. The van der Waals surface area contributed by atoms with E-state index >= 15 is 0 Å². The zero-order chi connectivity index (χ0) is 17.4. The summed E-state index contributed by atoms with van der Waals surface area (Å²) in [4.78, 5) is 13.0. The molecule has 4 nitrogen and oxygen atoms in total. The van der Waals surface area contributed by atoms with Crippen LogP contribution in [0.5, 0.6) is 0 Å². The summed E-state index contributed by atoms with van der Waals surface area (Å²) >= 11 is 0. The molecule has 0 saturated carbocycles. The van der Waals surface area contributed by atoms with Crippen molar-refractivity contribution in [3.05, 3.63) is 29.8 Å². The number of alkyl halides is 3. The van der Waals surface area contributed by atoms with Crippen LogP contribution in [0.4, 0.5) is 18.9 Å². The first-order valence-electron chi connectivity index (χ1n) is 7.72. The van der Waals surface area contributed by atoms with Crippen LogP contribution < -0.4 is 5.32 Å². The second-order valence-corrected chi connectivity index (χ2v) is 6.25. The van der Waals surface area contributed by atoms with Gasteiger partial charge in [-0.2, -0.15) is 13.2 Å². The predicted octanol–water partition coefficient (Wildman–Crippen LogP) is 2.00. The Morgan fingerprint density at radius 1 is 1.25 bits per heavy atom. The fourth-order valence-corrected chi connectivity index (χ4v) is 3.20. The van der Waals surface area contributed by atoms with Crippen LogP contribution in [0.3, 0.4) is 0 Å². The fourth-order valence-electron chi connectivity index (χ4n) is 3.20. The molecule has 4 rings (SSSR count). The number of rotatable bonds is 1. The third-order valence-corrected chi connectivity index (χ3v) is 4.55. The van der Waals surface area contributed by atoms with Crippen LogP contribution in [-0.4, -0.2) is 47.3 Å². The van der Waals surface area contributed by atoms with Gasteiger partial charge in [0, 0.05) is 23.7 Å². The molecule has 1 amide bonds. The summed E-state index contributed by atoms with van der Waals surface area (Å²) in [5.74, 6) is 3.97. The molecule has 3 aliphatic heterocycles. The number of fused-ring (bicyclic) bond motifs is 3. The summed E-state index contributed by atoms with van der Waals surface area (Å²) in [5.41, 5.74) is -0.408. The molecule has 24 heavy (non-hydrogen) atoms. The first-order chi connectivity index (χ1) is 11.3. The normalized spacial score (nSPS) is 28.8. The van der Waals surface area contributed by atoms with Gasteiger partial charge in [-0.1, -0.05) is 11.8 Å². The highest BCUT2D eigenvalue weighted by molar-refractivity contribution is 5.94. The largest absolute Gasteiger partial charge is 0.471 e. The van der Waals surface area contributed by atoms with E-state index in [0.717, 1.165) is 25.9 Å². The van der Waals surface area contributed by atoms with Crippen molar-refractivity contribution in [1.82, 2.24) is 4.90 Å². The van der Waals surface area contributed by atoms with Gasteiger partial charge in [-0.05, 0) is 50.2 Å². The predicted molar refractivity (Wildman–Crippen MR) is 82.1 cm³/mol. The molecule has 1 atom stereocenters. The van der Waals surface area contributed by atoms with Gasteiger partial charge in [-0.25, -0.2) is 0 Å². The zero-order valence-electron chi connectivity index (χ0n) is 12.9. The molecule has 0 aromatic heterocycles. The molecule has 3 fully saturated rings. The van der Waals surface area contributed by atoms with E-state index in [-0.39, 0.29) is 11.6 Å². The molecule has 128 valence electrons. The lowest BCUT2D eigenvalue weighted by atomic mass is 9.76. The highest BCUT2D eigenvalue weighted by Crippen LogP contribution is 2.35. The lowest BCUT2D eigenvalue weighted by molar-refractivity contribution is -0.167. The van der Waals surface area contributed by atoms with Crippen LogP contribution in [0, 0.1) is 17.8 Å². The standard InChI is InChI=1S/C17H17F3N2O2/c18-17(19,20)15(23)21-14-3-1-12(2-4-14)5-8-16(24)11-22-9-6-13(16)7-10-22/h1-4,13,24H,6-7,9-11H2,(H,21,23). The average molecular weight is 338 g/mol.